The summed E-state index contributed by atoms with van der Waals surface area (Å²) in [7, 11) is -0.953. The van der Waals surface area contributed by atoms with E-state index in [1.54, 1.807) is 37.6 Å². The molecule has 0 radical (unpaired) electrons. The van der Waals surface area contributed by atoms with E-state index in [0.29, 0.717) is 4.90 Å². The predicted octanol–water partition coefficient (Wildman–Crippen LogP) is 2.67. The Labute approximate surface area is 103 Å². The summed E-state index contributed by atoms with van der Waals surface area (Å²) in [5.74, 6) is -0.0405. The van der Waals surface area contributed by atoms with Gasteiger partial charge in [0.05, 0.1) is 20.7 Å². The van der Waals surface area contributed by atoms with Gasteiger partial charge in [0.25, 0.3) is 0 Å². The molecule has 0 saturated heterocycles. The van der Waals surface area contributed by atoms with Crippen molar-refractivity contribution in [1.82, 2.24) is 0 Å². The van der Waals surface area contributed by atoms with Crippen LogP contribution in [0.1, 0.15) is 13.8 Å². The molecule has 0 fully saturated rings. The Bertz CT molecular complexity index is 485. The zero-order valence-electron chi connectivity index (χ0n) is 10.4. The molecule has 17 heavy (non-hydrogen) atoms. The second-order valence-electron chi connectivity index (χ2n) is 3.99. The third-order valence-electron chi connectivity index (χ3n) is 2.68. The molecule has 0 aliphatic rings. The van der Waals surface area contributed by atoms with Crippen LogP contribution in [0.3, 0.4) is 0 Å². The average molecular weight is 253 g/mol. The van der Waals surface area contributed by atoms with Crippen molar-refractivity contribution in [2.24, 2.45) is 10.3 Å². The minimum Gasteiger partial charge on any atom is -0.393 e. The largest absolute Gasteiger partial charge is 0.393 e. The quantitative estimate of drug-likeness (QED) is 0.897. The number of aliphatic hydroxyl groups excluding tert-OH is 1. The van der Waals surface area contributed by atoms with Gasteiger partial charge in [-0.1, -0.05) is 31.2 Å². The maximum absolute atomic E-state index is 12.5. The second kappa shape index (κ2) is 5.98. The van der Waals surface area contributed by atoms with Crippen LogP contribution in [-0.4, -0.2) is 22.5 Å². The predicted molar refractivity (Wildman–Crippen MR) is 71.2 cm³/mol. The van der Waals surface area contributed by atoms with E-state index in [2.05, 4.69) is 4.36 Å². The van der Waals surface area contributed by atoms with Gasteiger partial charge in [0.1, 0.15) is 0 Å². The van der Waals surface area contributed by atoms with Gasteiger partial charge < -0.3 is 5.11 Å². The Morgan fingerprint density at radius 1 is 1.29 bits per heavy atom. The molecule has 94 valence electrons. The Balaban J connectivity index is 3.05. The Morgan fingerprint density at radius 3 is 2.35 bits per heavy atom. The number of nitrogens with zero attached hydrogens (tertiary/aromatic N) is 1. The van der Waals surface area contributed by atoms with Gasteiger partial charge in [-0.3, -0.25) is 0 Å². The molecule has 0 saturated carbocycles. The molecular weight excluding hydrogens is 234 g/mol. The first kappa shape index (κ1) is 13.9. The third-order valence-corrected chi connectivity index (χ3v) is 4.70. The number of aliphatic hydroxyl groups is 1. The van der Waals surface area contributed by atoms with Crippen molar-refractivity contribution in [2.75, 3.05) is 7.05 Å². The van der Waals surface area contributed by atoms with Crippen LogP contribution >= 0.6 is 0 Å². The van der Waals surface area contributed by atoms with E-state index in [4.69, 9.17) is 0 Å². The standard InChI is InChI=1S/C13H19NO2S/c1-11(12(2)15)9-10-17(16,14-3)13-7-5-4-6-8-13/h4-12,15H,1-3H3/b10-9-/t11-,12+,17-/m1/s1. The van der Waals surface area contributed by atoms with Crippen LogP contribution in [0.2, 0.25) is 0 Å². The van der Waals surface area contributed by atoms with Gasteiger partial charge in [-0.25, -0.2) is 8.57 Å². The lowest BCUT2D eigenvalue weighted by Crippen LogP contribution is -2.10. The van der Waals surface area contributed by atoms with Gasteiger partial charge in [0.2, 0.25) is 0 Å². The van der Waals surface area contributed by atoms with E-state index in [-0.39, 0.29) is 5.92 Å². The van der Waals surface area contributed by atoms with Crippen LogP contribution in [0.4, 0.5) is 0 Å². The number of benzene rings is 1. The van der Waals surface area contributed by atoms with Crippen LogP contribution < -0.4 is 0 Å². The highest BCUT2D eigenvalue weighted by Gasteiger charge is 2.09. The van der Waals surface area contributed by atoms with Crippen molar-refractivity contribution in [2.45, 2.75) is 24.8 Å². The highest BCUT2D eigenvalue weighted by atomic mass is 32.2. The molecule has 0 bridgehead atoms. The average Bonchev–Trinajstić information content (AvgIpc) is 2.36. The Morgan fingerprint density at radius 2 is 1.88 bits per heavy atom. The van der Waals surface area contributed by atoms with Crippen LogP contribution in [0, 0.1) is 5.92 Å². The van der Waals surface area contributed by atoms with Gasteiger partial charge in [-0.2, -0.15) is 0 Å². The maximum Gasteiger partial charge on any atom is 0.0963 e. The molecule has 1 N–H and O–H groups in total. The third kappa shape index (κ3) is 3.68. The van der Waals surface area contributed by atoms with Crippen molar-refractivity contribution >= 4 is 9.73 Å². The van der Waals surface area contributed by atoms with Gasteiger partial charge in [0.15, 0.2) is 0 Å². The fourth-order valence-corrected chi connectivity index (χ4v) is 2.75. The SMILES string of the molecule is CN=[S@@](=O)(/C=C\[C@@H](C)[C@H](C)O)c1ccccc1. The van der Waals surface area contributed by atoms with E-state index < -0.39 is 15.8 Å². The molecule has 0 aromatic heterocycles. The van der Waals surface area contributed by atoms with Crippen molar-refractivity contribution in [1.29, 1.82) is 0 Å². The van der Waals surface area contributed by atoms with Crippen molar-refractivity contribution in [3.8, 4) is 0 Å². The van der Waals surface area contributed by atoms with Crippen molar-refractivity contribution < 1.29 is 9.32 Å². The first-order valence-corrected chi connectivity index (χ1v) is 7.14. The van der Waals surface area contributed by atoms with Crippen LogP contribution in [0.15, 0.2) is 51.1 Å². The molecule has 0 heterocycles. The van der Waals surface area contributed by atoms with Gasteiger partial charge in [0, 0.05) is 18.4 Å². The highest BCUT2D eigenvalue weighted by Crippen LogP contribution is 2.16. The van der Waals surface area contributed by atoms with Gasteiger partial charge in [-0.05, 0) is 19.1 Å². The molecule has 1 aromatic rings. The normalized spacial score (nSPS) is 18.6. The molecular formula is C13H19NO2S. The molecule has 4 heteroatoms. The monoisotopic (exact) mass is 253 g/mol. The molecule has 0 aliphatic carbocycles. The fourth-order valence-electron chi connectivity index (χ4n) is 1.25. The molecule has 3 atom stereocenters. The maximum atomic E-state index is 12.5. The summed E-state index contributed by atoms with van der Waals surface area (Å²) in [6, 6.07) is 9.15. The second-order valence-corrected chi connectivity index (χ2v) is 6.24. The lowest BCUT2D eigenvalue weighted by atomic mass is 10.1. The summed E-state index contributed by atoms with van der Waals surface area (Å²) >= 11 is 0. The zero-order chi connectivity index (χ0) is 12.9. The van der Waals surface area contributed by atoms with E-state index in [1.807, 2.05) is 25.1 Å². The lowest BCUT2D eigenvalue weighted by molar-refractivity contribution is 0.157. The van der Waals surface area contributed by atoms with Gasteiger partial charge in [-0.15, -0.1) is 0 Å². The van der Waals surface area contributed by atoms with E-state index in [0.717, 1.165) is 0 Å². The summed E-state index contributed by atoms with van der Waals surface area (Å²) in [6.07, 6.45) is 1.30. The van der Waals surface area contributed by atoms with E-state index in [9.17, 15) is 9.32 Å². The van der Waals surface area contributed by atoms with Crippen molar-refractivity contribution in [3.63, 3.8) is 0 Å². The van der Waals surface area contributed by atoms with E-state index in [1.165, 1.54) is 0 Å². The summed E-state index contributed by atoms with van der Waals surface area (Å²) in [5.41, 5.74) is 0. The highest BCUT2D eigenvalue weighted by molar-refractivity contribution is 7.96. The summed E-state index contributed by atoms with van der Waals surface area (Å²) in [5, 5.41) is 11.0. The van der Waals surface area contributed by atoms with Crippen molar-refractivity contribution in [3.05, 3.63) is 41.8 Å². The van der Waals surface area contributed by atoms with Gasteiger partial charge >= 0.3 is 0 Å². The Hall–Kier alpha value is -1.13. The fraction of sp³-hybridized carbons (Fsp3) is 0.385. The summed E-state index contributed by atoms with van der Waals surface area (Å²) in [4.78, 5) is 0.691. The minimum absolute atomic E-state index is 0.0405. The first-order valence-electron chi connectivity index (χ1n) is 5.56. The number of hydrogen-bond donors (Lipinski definition) is 1. The first-order chi connectivity index (χ1) is 7.99. The molecule has 1 aromatic carbocycles. The minimum atomic E-state index is -2.50. The molecule has 1 rings (SSSR count). The van der Waals surface area contributed by atoms with E-state index >= 15 is 0 Å². The summed E-state index contributed by atoms with van der Waals surface area (Å²) in [6.45, 7) is 3.59. The Kier molecular flexibility index (Phi) is 4.90. The zero-order valence-corrected chi connectivity index (χ0v) is 11.2. The van der Waals surface area contributed by atoms with Crippen LogP contribution in [-0.2, 0) is 9.73 Å². The lowest BCUT2D eigenvalue weighted by Gasteiger charge is -2.10. The molecule has 0 amide bonds. The number of hydrogen-bond acceptors (Lipinski definition) is 3. The molecule has 0 spiro atoms. The molecule has 0 unspecified atom stereocenters. The van der Waals surface area contributed by atoms with Crippen LogP contribution in [0.5, 0.6) is 0 Å². The van der Waals surface area contributed by atoms with Crippen LogP contribution in [0.25, 0.3) is 0 Å². The molecule has 0 aliphatic heterocycles. The smallest absolute Gasteiger partial charge is 0.0963 e. The summed E-state index contributed by atoms with van der Waals surface area (Å²) < 4.78 is 16.5. The topological polar surface area (TPSA) is 49.7 Å². The molecule has 3 nitrogen and oxygen atoms in total. The number of rotatable bonds is 4.